The first kappa shape index (κ1) is 15.1. The molecule has 26 heavy (non-hydrogen) atoms. The average Bonchev–Trinajstić information content (AvgIpc) is 3.19. The maximum atomic E-state index is 6.19. The highest BCUT2D eigenvalue weighted by atomic mass is 16.3. The third kappa shape index (κ3) is 2.02. The number of hydrogen-bond donors (Lipinski definition) is 0. The van der Waals surface area contributed by atoms with Crippen molar-refractivity contribution in [3.8, 4) is 11.4 Å². The Morgan fingerprint density at radius 3 is 2.65 bits per heavy atom. The second kappa shape index (κ2) is 5.43. The smallest absolute Gasteiger partial charge is 0.227 e. The molecule has 0 unspecified atom stereocenters. The summed E-state index contributed by atoms with van der Waals surface area (Å²) in [7, 11) is 0. The lowest BCUT2D eigenvalue weighted by Crippen LogP contribution is -2.04. The van der Waals surface area contributed by atoms with E-state index in [2.05, 4.69) is 66.7 Å². The molecule has 0 saturated heterocycles. The molecule has 3 heterocycles. The summed E-state index contributed by atoms with van der Waals surface area (Å²) in [6, 6.07) is 16.8. The van der Waals surface area contributed by atoms with Crippen LogP contribution in [0.4, 0.5) is 0 Å². The van der Waals surface area contributed by atoms with Crippen molar-refractivity contribution in [3.05, 3.63) is 60.3 Å². The first-order valence-corrected chi connectivity index (χ1v) is 8.89. The number of fused-ring (bicyclic) bond motifs is 4. The highest BCUT2D eigenvalue weighted by Crippen LogP contribution is 2.38. The molecule has 0 aliphatic rings. The highest BCUT2D eigenvalue weighted by molar-refractivity contribution is 6.09. The van der Waals surface area contributed by atoms with Crippen molar-refractivity contribution in [3.63, 3.8) is 0 Å². The molecule has 128 valence electrons. The molecule has 0 aliphatic carbocycles. The molecule has 4 heteroatoms. The third-order valence-corrected chi connectivity index (χ3v) is 4.96. The summed E-state index contributed by atoms with van der Waals surface area (Å²) in [5.74, 6) is 0.948. The van der Waals surface area contributed by atoms with Crippen LogP contribution in [0.15, 0.2) is 59.1 Å². The number of pyridine rings is 1. The van der Waals surface area contributed by atoms with Gasteiger partial charge in [0.25, 0.3) is 0 Å². The predicted octanol–water partition coefficient (Wildman–Crippen LogP) is 5.89. The van der Waals surface area contributed by atoms with Gasteiger partial charge in [-0.25, -0.2) is 9.97 Å². The molecule has 5 rings (SSSR count). The van der Waals surface area contributed by atoms with Gasteiger partial charge >= 0.3 is 0 Å². The van der Waals surface area contributed by atoms with Gasteiger partial charge in [0.1, 0.15) is 11.4 Å². The summed E-state index contributed by atoms with van der Waals surface area (Å²) in [6.45, 7) is 6.49. The van der Waals surface area contributed by atoms with E-state index in [1.165, 1.54) is 0 Å². The first-order valence-electron chi connectivity index (χ1n) is 8.89. The Kier molecular flexibility index (Phi) is 3.16. The number of imidazole rings is 1. The molecule has 0 saturated carbocycles. The molecule has 0 spiro atoms. The Bertz CT molecular complexity index is 1280. The van der Waals surface area contributed by atoms with E-state index in [0.717, 1.165) is 44.3 Å². The van der Waals surface area contributed by atoms with Crippen LogP contribution in [-0.4, -0.2) is 14.5 Å². The summed E-state index contributed by atoms with van der Waals surface area (Å²) in [4.78, 5) is 9.36. The number of furan rings is 1. The number of aryl methyl sites for hydroxylation is 1. The summed E-state index contributed by atoms with van der Waals surface area (Å²) in [5, 5.41) is 2.12. The molecule has 0 amide bonds. The largest absolute Gasteiger partial charge is 0.437 e. The topological polar surface area (TPSA) is 43.9 Å². The van der Waals surface area contributed by atoms with Gasteiger partial charge in [-0.2, -0.15) is 0 Å². The Morgan fingerprint density at radius 1 is 0.962 bits per heavy atom. The Hall–Kier alpha value is -3.14. The van der Waals surface area contributed by atoms with Crippen LogP contribution in [0, 0.1) is 6.92 Å². The van der Waals surface area contributed by atoms with Gasteiger partial charge in [-0.1, -0.05) is 24.3 Å². The molecule has 0 aliphatic heterocycles. The van der Waals surface area contributed by atoms with Gasteiger partial charge in [-0.15, -0.1) is 0 Å². The van der Waals surface area contributed by atoms with Gasteiger partial charge in [0, 0.05) is 23.0 Å². The lowest BCUT2D eigenvalue weighted by atomic mass is 10.0. The molecular formula is C22H19N3O. The zero-order valence-corrected chi connectivity index (χ0v) is 15.0. The minimum Gasteiger partial charge on any atom is -0.437 e. The zero-order valence-electron chi connectivity index (χ0n) is 15.0. The zero-order chi connectivity index (χ0) is 17.8. The Labute approximate surface area is 151 Å². The number of rotatable bonds is 2. The Balaban J connectivity index is 1.95. The SMILES string of the molecule is Cc1ccc2c(oc3ncccc32)c1-c1nc2ccccc2n1C(C)C. The van der Waals surface area contributed by atoms with E-state index in [4.69, 9.17) is 9.40 Å². The lowest BCUT2D eigenvalue weighted by Gasteiger charge is -2.14. The van der Waals surface area contributed by atoms with E-state index < -0.39 is 0 Å². The summed E-state index contributed by atoms with van der Waals surface area (Å²) < 4.78 is 8.47. The van der Waals surface area contributed by atoms with Gasteiger partial charge in [0.15, 0.2) is 0 Å². The van der Waals surface area contributed by atoms with E-state index in [9.17, 15) is 0 Å². The van der Waals surface area contributed by atoms with Crippen molar-refractivity contribution in [2.24, 2.45) is 0 Å². The van der Waals surface area contributed by atoms with Crippen molar-refractivity contribution >= 4 is 33.1 Å². The minimum absolute atomic E-state index is 0.287. The standard InChI is InChI=1S/C22H19N3O/c1-13(2)25-18-9-5-4-8-17(18)24-21(25)19-14(3)10-11-15-16-7-6-12-23-22(16)26-20(15)19/h4-13H,1-3H3. The number of aromatic nitrogens is 3. The van der Waals surface area contributed by atoms with Gasteiger partial charge < -0.3 is 8.98 Å². The van der Waals surface area contributed by atoms with Crippen molar-refractivity contribution in [1.82, 2.24) is 14.5 Å². The van der Waals surface area contributed by atoms with Gasteiger partial charge in [0.2, 0.25) is 5.71 Å². The van der Waals surface area contributed by atoms with Crippen LogP contribution in [0.5, 0.6) is 0 Å². The molecular weight excluding hydrogens is 322 g/mol. The monoisotopic (exact) mass is 341 g/mol. The van der Waals surface area contributed by atoms with Crippen LogP contribution in [-0.2, 0) is 0 Å². The number of benzene rings is 2. The molecule has 0 fully saturated rings. The van der Waals surface area contributed by atoms with Crippen LogP contribution in [0.25, 0.3) is 44.5 Å². The molecule has 4 nitrogen and oxygen atoms in total. The molecule has 0 bridgehead atoms. The molecule has 3 aromatic heterocycles. The fourth-order valence-corrected chi connectivity index (χ4v) is 3.79. The molecule has 0 atom stereocenters. The highest BCUT2D eigenvalue weighted by Gasteiger charge is 2.21. The van der Waals surface area contributed by atoms with Crippen molar-refractivity contribution in [2.75, 3.05) is 0 Å². The van der Waals surface area contributed by atoms with Crippen LogP contribution in [0.3, 0.4) is 0 Å². The summed E-state index contributed by atoms with van der Waals surface area (Å²) in [6.07, 6.45) is 1.76. The molecule has 0 N–H and O–H groups in total. The summed E-state index contributed by atoms with van der Waals surface area (Å²) >= 11 is 0. The van der Waals surface area contributed by atoms with Gasteiger partial charge in [-0.3, -0.25) is 0 Å². The van der Waals surface area contributed by atoms with Crippen molar-refractivity contribution in [1.29, 1.82) is 0 Å². The van der Waals surface area contributed by atoms with Gasteiger partial charge in [0.05, 0.1) is 16.6 Å². The van der Waals surface area contributed by atoms with Crippen LogP contribution < -0.4 is 0 Å². The number of para-hydroxylation sites is 2. The maximum absolute atomic E-state index is 6.19. The van der Waals surface area contributed by atoms with Crippen molar-refractivity contribution in [2.45, 2.75) is 26.8 Å². The first-order chi connectivity index (χ1) is 12.6. The van der Waals surface area contributed by atoms with Crippen LogP contribution >= 0.6 is 0 Å². The third-order valence-electron chi connectivity index (χ3n) is 4.96. The van der Waals surface area contributed by atoms with Gasteiger partial charge in [-0.05, 0) is 50.6 Å². The average molecular weight is 341 g/mol. The fourth-order valence-electron chi connectivity index (χ4n) is 3.79. The lowest BCUT2D eigenvalue weighted by molar-refractivity contribution is 0.621. The van der Waals surface area contributed by atoms with Crippen molar-refractivity contribution < 1.29 is 4.42 Å². The normalized spacial score (nSPS) is 12.0. The van der Waals surface area contributed by atoms with E-state index in [0.29, 0.717) is 5.71 Å². The number of hydrogen-bond acceptors (Lipinski definition) is 3. The molecule has 2 aromatic carbocycles. The van der Waals surface area contributed by atoms with E-state index in [1.54, 1.807) is 6.20 Å². The second-order valence-electron chi connectivity index (χ2n) is 6.98. The quantitative estimate of drug-likeness (QED) is 0.402. The van der Waals surface area contributed by atoms with E-state index >= 15 is 0 Å². The Morgan fingerprint density at radius 2 is 1.81 bits per heavy atom. The van der Waals surface area contributed by atoms with Crippen LogP contribution in [0.1, 0.15) is 25.5 Å². The van der Waals surface area contributed by atoms with E-state index in [-0.39, 0.29) is 6.04 Å². The minimum atomic E-state index is 0.287. The summed E-state index contributed by atoms with van der Waals surface area (Å²) in [5.41, 5.74) is 5.86. The fraction of sp³-hybridized carbons (Fsp3) is 0.182. The second-order valence-corrected chi connectivity index (χ2v) is 6.98. The molecule has 5 aromatic rings. The number of nitrogens with zero attached hydrogens (tertiary/aromatic N) is 3. The predicted molar refractivity (Wildman–Crippen MR) is 105 cm³/mol. The maximum Gasteiger partial charge on any atom is 0.227 e. The van der Waals surface area contributed by atoms with E-state index in [1.807, 2.05) is 12.1 Å². The molecule has 0 radical (unpaired) electrons. The van der Waals surface area contributed by atoms with Crippen LogP contribution in [0.2, 0.25) is 0 Å².